The van der Waals surface area contributed by atoms with Gasteiger partial charge in [-0.05, 0) is 32.1 Å². The van der Waals surface area contributed by atoms with Gasteiger partial charge in [0.1, 0.15) is 18.1 Å². The van der Waals surface area contributed by atoms with E-state index in [1.54, 1.807) is 0 Å². The fourth-order valence-electron chi connectivity index (χ4n) is 7.29. The van der Waals surface area contributed by atoms with Crippen LogP contribution in [0.5, 0.6) is 0 Å². The maximum atomic E-state index is 13.9. The Balaban J connectivity index is 3.60. The molecule has 0 aromatic rings. The summed E-state index contributed by atoms with van der Waals surface area (Å²) in [5.41, 5.74) is 0. The number of carbonyl (C=O) groups excluding carboxylic acids is 3. The van der Waals surface area contributed by atoms with Gasteiger partial charge in [0.15, 0.2) is 0 Å². The van der Waals surface area contributed by atoms with Crippen LogP contribution < -0.4 is 0 Å². The molecule has 30 heteroatoms. The fraction of sp³-hybridized carbons (Fsp3) is 0.658. The average molecular weight is 980 g/mol. The number of aliphatic carboxylic acids is 9. The second-order valence-electron chi connectivity index (χ2n) is 15.4. The van der Waals surface area contributed by atoms with Gasteiger partial charge in [-0.2, -0.15) is 0 Å². The lowest BCUT2D eigenvalue weighted by Crippen LogP contribution is -2.49. The van der Waals surface area contributed by atoms with Crippen LogP contribution >= 0.6 is 0 Å². The quantitative estimate of drug-likeness (QED) is 0.0379. The number of hydrogen-bond donors (Lipinski definition) is 10. The highest BCUT2D eigenvalue weighted by molar-refractivity contribution is 5.83. The minimum atomic E-state index is -1.80. The SMILES string of the molecule is O=C(O)CN(CC(=O)O)C(CCC(=O)N1CCCN(C(=O)CCC(C(=O)O)N(CC(=O)O)CC(=O)O)CCN(C(=O)CCC(C(=O)O)N(CC(=O)O)CC(=O)O)CCCN(C(=O)O)CC1)C(=O)O. The molecule has 0 saturated carbocycles. The first kappa shape index (κ1) is 58.8. The topological polar surface area (TPSA) is 447 Å². The summed E-state index contributed by atoms with van der Waals surface area (Å²) in [5.74, 6) is -16.7. The van der Waals surface area contributed by atoms with Crippen molar-refractivity contribution in [3.8, 4) is 0 Å². The number of carboxylic acids is 9. The summed E-state index contributed by atoms with van der Waals surface area (Å²) in [4.78, 5) is 165. The number of amides is 4. The van der Waals surface area contributed by atoms with Crippen molar-refractivity contribution >= 4 is 77.5 Å². The Labute approximate surface area is 386 Å². The molecule has 1 saturated heterocycles. The largest absolute Gasteiger partial charge is 0.480 e. The Kier molecular flexibility index (Phi) is 25.5. The van der Waals surface area contributed by atoms with Crippen molar-refractivity contribution < 1.29 is 113 Å². The molecule has 1 fully saturated rings. The predicted octanol–water partition coefficient (Wildman–Crippen LogP) is -3.64. The Hall–Kier alpha value is -7.21. The third-order valence-electron chi connectivity index (χ3n) is 10.4. The highest BCUT2D eigenvalue weighted by Gasteiger charge is 2.34. The van der Waals surface area contributed by atoms with E-state index in [9.17, 15) is 113 Å². The lowest BCUT2D eigenvalue weighted by Gasteiger charge is -2.33. The van der Waals surface area contributed by atoms with E-state index < -0.39 is 173 Å². The zero-order valence-corrected chi connectivity index (χ0v) is 36.7. The van der Waals surface area contributed by atoms with Gasteiger partial charge in [-0.3, -0.25) is 72.2 Å². The normalized spacial score (nSPS) is 15.5. The zero-order chi connectivity index (χ0) is 51.8. The fourth-order valence-corrected chi connectivity index (χ4v) is 7.29. The van der Waals surface area contributed by atoms with Crippen LogP contribution in [-0.4, -0.2) is 273 Å². The molecule has 382 valence electrons. The smallest absolute Gasteiger partial charge is 0.407 e. The van der Waals surface area contributed by atoms with Crippen LogP contribution in [0.25, 0.3) is 0 Å². The molecule has 3 unspecified atom stereocenters. The van der Waals surface area contributed by atoms with Crippen LogP contribution in [0.1, 0.15) is 51.4 Å². The third-order valence-corrected chi connectivity index (χ3v) is 10.4. The first-order valence-corrected chi connectivity index (χ1v) is 20.8. The van der Waals surface area contributed by atoms with Gasteiger partial charge in [0.25, 0.3) is 0 Å². The van der Waals surface area contributed by atoms with E-state index in [2.05, 4.69) is 0 Å². The molecular formula is C38H57N7O23. The molecule has 3 atom stereocenters. The molecule has 68 heavy (non-hydrogen) atoms. The first-order valence-electron chi connectivity index (χ1n) is 20.8. The van der Waals surface area contributed by atoms with Crippen LogP contribution in [0, 0.1) is 0 Å². The van der Waals surface area contributed by atoms with E-state index in [0.29, 0.717) is 14.7 Å². The predicted molar refractivity (Wildman–Crippen MR) is 221 cm³/mol. The van der Waals surface area contributed by atoms with Crippen molar-refractivity contribution in [2.45, 2.75) is 69.5 Å². The molecule has 0 aromatic heterocycles. The van der Waals surface area contributed by atoms with Crippen molar-refractivity contribution in [2.75, 3.05) is 91.6 Å². The van der Waals surface area contributed by atoms with Gasteiger partial charge in [0.2, 0.25) is 17.7 Å². The average Bonchev–Trinajstić information content (AvgIpc) is 3.19. The van der Waals surface area contributed by atoms with Crippen LogP contribution in [0.3, 0.4) is 0 Å². The van der Waals surface area contributed by atoms with Gasteiger partial charge in [0.05, 0.1) is 39.3 Å². The van der Waals surface area contributed by atoms with Gasteiger partial charge in [-0.15, -0.1) is 0 Å². The van der Waals surface area contributed by atoms with Crippen LogP contribution in [0.15, 0.2) is 0 Å². The van der Waals surface area contributed by atoms with Crippen molar-refractivity contribution in [2.24, 2.45) is 0 Å². The summed E-state index contributed by atoms with van der Waals surface area (Å²) in [7, 11) is 0. The van der Waals surface area contributed by atoms with E-state index in [1.807, 2.05) is 0 Å². The molecule has 4 amide bonds. The molecule has 1 heterocycles. The van der Waals surface area contributed by atoms with Gasteiger partial charge in [-0.1, -0.05) is 0 Å². The molecule has 1 aliphatic heterocycles. The molecule has 10 N–H and O–H groups in total. The number of hydrogen-bond acceptors (Lipinski definition) is 16. The molecule has 0 aromatic carbocycles. The highest BCUT2D eigenvalue weighted by Crippen LogP contribution is 2.16. The maximum absolute atomic E-state index is 13.9. The van der Waals surface area contributed by atoms with E-state index in [1.165, 1.54) is 0 Å². The van der Waals surface area contributed by atoms with Crippen molar-refractivity contribution in [3.63, 3.8) is 0 Å². The van der Waals surface area contributed by atoms with Crippen molar-refractivity contribution in [3.05, 3.63) is 0 Å². The number of rotatable bonds is 27. The Morgan fingerprint density at radius 3 is 0.721 bits per heavy atom. The minimum Gasteiger partial charge on any atom is -0.480 e. The third kappa shape index (κ3) is 22.3. The zero-order valence-electron chi connectivity index (χ0n) is 36.7. The lowest BCUT2D eigenvalue weighted by atomic mass is 10.1. The standard InChI is InChI=1S/C38H57N7O23/c46-26(6-3-23(35(61)62)43(17-29(49)50)18-30(51)52)39-9-1-10-41(28(48)8-5-25(37(65)66)45(21-33(57)58)22-34(59)60)15-16-42(38(67)68)12-2-11-40(14-13-39)27(47)7-4-24(36(63)64)44(19-31(53)54)20-32(55)56/h23-25H,1-22H2,(H,49,50)(H,51,52)(H,53,54)(H,55,56)(H,57,58)(H,59,60)(H,61,62)(H,63,64)(H,65,66)(H,67,68). The van der Waals surface area contributed by atoms with E-state index in [4.69, 9.17) is 0 Å². The summed E-state index contributed by atoms with van der Waals surface area (Å²) in [6.07, 6.45) is -5.35. The van der Waals surface area contributed by atoms with Crippen LogP contribution in [0.2, 0.25) is 0 Å². The molecule has 30 nitrogen and oxygen atoms in total. The number of carboxylic acid groups (broad SMARTS) is 10. The van der Waals surface area contributed by atoms with E-state index >= 15 is 0 Å². The van der Waals surface area contributed by atoms with Gasteiger partial charge in [0, 0.05) is 71.6 Å². The van der Waals surface area contributed by atoms with Crippen LogP contribution in [0.4, 0.5) is 4.79 Å². The molecule has 1 aliphatic rings. The lowest BCUT2D eigenvalue weighted by molar-refractivity contribution is -0.152. The molecule has 0 bridgehead atoms. The molecule has 0 aliphatic carbocycles. The Morgan fingerprint density at radius 1 is 0.324 bits per heavy atom. The summed E-state index contributed by atoms with van der Waals surface area (Å²) >= 11 is 0. The molecular weight excluding hydrogens is 922 g/mol. The van der Waals surface area contributed by atoms with Crippen molar-refractivity contribution in [1.82, 2.24) is 34.3 Å². The van der Waals surface area contributed by atoms with Crippen LogP contribution in [-0.2, 0) is 57.5 Å². The summed E-state index contributed by atoms with van der Waals surface area (Å²) < 4.78 is 0. The minimum absolute atomic E-state index is 0.112. The summed E-state index contributed by atoms with van der Waals surface area (Å²) in [6.45, 7) is -8.58. The molecule has 0 spiro atoms. The first-order chi connectivity index (χ1) is 31.7. The van der Waals surface area contributed by atoms with E-state index in [-0.39, 0.29) is 65.2 Å². The van der Waals surface area contributed by atoms with E-state index in [0.717, 1.165) is 19.6 Å². The Morgan fingerprint density at radius 2 is 0.529 bits per heavy atom. The van der Waals surface area contributed by atoms with Gasteiger partial charge in [-0.25, -0.2) is 4.79 Å². The second-order valence-corrected chi connectivity index (χ2v) is 15.4. The maximum Gasteiger partial charge on any atom is 0.407 e. The highest BCUT2D eigenvalue weighted by atomic mass is 16.4. The van der Waals surface area contributed by atoms with Crippen molar-refractivity contribution in [1.29, 1.82) is 0 Å². The second kappa shape index (κ2) is 29.4. The Bertz CT molecular complexity index is 1820. The molecule has 1 rings (SSSR count). The number of nitrogens with zero attached hydrogens (tertiary/aromatic N) is 7. The summed E-state index contributed by atoms with van der Waals surface area (Å²) in [5, 5.41) is 95.1. The summed E-state index contributed by atoms with van der Waals surface area (Å²) in [6, 6.07) is -5.33. The van der Waals surface area contributed by atoms with Gasteiger partial charge >= 0.3 is 59.8 Å². The monoisotopic (exact) mass is 979 g/mol. The molecule has 0 radical (unpaired) electrons. The van der Waals surface area contributed by atoms with Gasteiger partial charge < -0.3 is 70.7 Å². The number of carbonyl (C=O) groups is 13.